The molecule has 1 unspecified atom stereocenters. The third-order valence-corrected chi connectivity index (χ3v) is 3.99. The van der Waals surface area contributed by atoms with Crippen LogP contribution in [0.25, 0.3) is 0 Å². The molecule has 0 bridgehead atoms. The van der Waals surface area contributed by atoms with Gasteiger partial charge in [0.05, 0.1) is 6.01 Å². The molecule has 0 spiro atoms. The molecule has 17 heavy (non-hydrogen) atoms. The van der Waals surface area contributed by atoms with Crippen molar-refractivity contribution in [2.24, 2.45) is 10.4 Å². The molecule has 1 amide bonds. The van der Waals surface area contributed by atoms with Gasteiger partial charge in [0.25, 0.3) is 5.91 Å². The zero-order valence-electron chi connectivity index (χ0n) is 11.7. The maximum absolute atomic E-state index is 11.6. The van der Waals surface area contributed by atoms with Crippen molar-refractivity contribution in [3.8, 4) is 0 Å². The van der Waals surface area contributed by atoms with E-state index in [2.05, 4.69) is 30.7 Å². The second-order valence-electron chi connectivity index (χ2n) is 4.72. The molecule has 0 fully saturated rings. The highest BCUT2D eigenvalue weighted by atomic mass is 16.1. The Hall–Kier alpha value is -0.990. The molecule has 0 aromatic heterocycles. The lowest BCUT2D eigenvalue weighted by Crippen LogP contribution is -2.45. The van der Waals surface area contributed by atoms with E-state index >= 15 is 0 Å². The van der Waals surface area contributed by atoms with Crippen LogP contribution in [0.4, 0.5) is 0 Å². The van der Waals surface area contributed by atoms with Crippen molar-refractivity contribution in [1.82, 2.24) is 4.90 Å². The van der Waals surface area contributed by atoms with Crippen LogP contribution in [-0.2, 0) is 4.79 Å². The normalized spacial score (nSPS) is 13.3. The van der Waals surface area contributed by atoms with Crippen molar-refractivity contribution in [1.29, 1.82) is 5.41 Å². The minimum absolute atomic E-state index is 0.150. The maximum Gasteiger partial charge on any atom is 0.256 e. The van der Waals surface area contributed by atoms with Crippen LogP contribution in [0.2, 0.25) is 0 Å². The highest BCUT2D eigenvalue weighted by Crippen LogP contribution is 2.38. The minimum Gasteiger partial charge on any atom is -0.305 e. The molecule has 98 valence electrons. The first-order chi connectivity index (χ1) is 7.97. The zero-order valence-corrected chi connectivity index (χ0v) is 11.7. The second kappa shape index (κ2) is 7.36. The van der Waals surface area contributed by atoms with Crippen LogP contribution in [0.5, 0.6) is 0 Å². The Morgan fingerprint density at radius 1 is 1.29 bits per heavy atom. The van der Waals surface area contributed by atoms with Gasteiger partial charge in [0.15, 0.2) is 0 Å². The maximum atomic E-state index is 11.6. The van der Waals surface area contributed by atoms with Gasteiger partial charge in [-0.05, 0) is 38.8 Å². The van der Waals surface area contributed by atoms with E-state index in [-0.39, 0.29) is 17.4 Å². The van der Waals surface area contributed by atoms with E-state index < -0.39 is 0 Å². The third kappa shape index (κ3) is 4.06. The molecule has 0 heterocycles. The molecule has 0 radical (unpaired) electrons. The molecule has 0 aliphatic rings. The van der Waals surface area contributed by atoms with E-state index in [0.717, 1.165) is 19.3 Å². The van der Waals surface area contributed by atoms with E-state index in [1.165, 1.54) is 0 Å². The molecular formula is C13H25N3O. The summed E-state index contributed by atoms with van der Waals surface area (Å²) < 4.78 is 0. The summed E-state index contributed by atoms with van der Waals surface area (Å²) in [5.41, 5.74) is 0.150. The second-order valence-corrected chi connectivity index (χ2v) is 4.72. The topological polar surface area (TPSA) is 56.5 Å². The monoisotopic (exact) mass is 239 g/mol. The van der Waals surface area contributed by atoms with Gasteiger partial charge in [-0.25, -0.2) is 5.41 Å². The molecule has 1 N–H and O–H groups in total. The highest BCUT2D eigenvalue weighted by molar-refractivity contribution is 5.82. The van der Waals surface area contributed by atoms with Crippen LogP contribution in [0.3, 0.4) is 0 Å². The fourth-order valence-electron chi connectivity index (χ4n) is 2.68. The molecule has 0 aromatic carbocycles. The van der Waals surface area contributed by atoms with Gasteiger partial charge in [-0.15, -0.1) is 0 Å². The van der Waals surface area contributed by atoms with Crippen LogP contribution in [0.1, 0.15) is 46.5 Å². The van der Waals surface area contributed by atoms with Crippen molar-refractivity contribution < 1.29 is 4.79 Å². The molecule has 0 saturated heterocycles. The van der Waals surface area contributed by atoms with Gasteiger partial charge in [-0.1, -0.05) is 20.8 Å². The summed E-state index contributed by atoms with van der Waals surface area (Å²) in [7, 11) is 4.00. The molecule has 0 rings (SSSR count). The standard InChI is InChI=1S/C13H25N3O/c1-6-13(7-2,8-3)11(16(4)5)9-12(17)15-10-14/h11,14H,6-9H2,1-5H3. The summed E-state index contributed by atoms with van der Waals surface area (Å²) in [5, 5.41) is 6.72. The summed E-state index contributed by atoms with van der Waals surface area (Å²) in [6, 6.07) is 2.00. The average molecular weight is 239 g/mol. The van der Waals surface area contributed by atoms with Gasteiger partial charge in [-0.3, -0.25) is 4.79 Å². The molecular weight excluding hydrogens is 214 g/mol. The summed E-state index contributed by atoms with van der Waals surface area (Å²) >= 11 is 0. The quantitative estimate of drug-likeness (QED) is 0.694. The Balaban J connectivity index is 5.06. The van der Waals surface area contributed by atoms with Gasteiger partial charge < -0.3 is 4.90 Å². The van der Waals surface area contributed by atoms with E-state index in [9.17, 15) is 4.79 Å². The predicted molar refractivity (Wildman–Crippen MR) is 70.6 cm³/mol. The first-order valence-corrected chi connectivity index (χ1v) is 6.29. The predicted octanol–water partition coefficient (Wildman–Crippen LogP) is 2.80. The van der Waals surface area contributed by atoms with Gasteiger partial charge in [-0.2, -0.15) is 4.99 Å². The molecule has 0 aliphatic heterocycles. The molecule has 4 heteroatoms. The number of hydrogen-bond donors (Lipinski definition) is 1. The number of nitrogens with zero attached hydrogens (tertiary/aromatic N) is 2. The Morgan fingerprint density at radius 3 is 2.06 bits per heavy atom. The number of aliphatic imine (C=N–C) groups is 1. The number of carbonyl (C=O) groups excluding carboxylic acids is 1. The van der Waals surface area contributed by atoms with E-state index in [0.29, 0.717) is 6.42 Å². The first kappa shape index (κ1) is 16.0. The van der Waals surface area contributed by atoms with E-state index in [1.807, 2.05) is 20.1 Å². The van der Waals surface area contributed by atoms with Gasteiger partial charge >= 0.3 is 0 Å². The molecule has 1 atom stereocenters. The average Bonchev–Trinajstić information content (AvgIpc) is 2.30. The summed E-state index contributed by atoms with van der Waals surface area (Å²) in [4.78, 5) is 17.1. The third-order valence-electron chi connectivity index (χ3n) is 3.99. The lowest BCUT2D eigenvalue weighted by atomic mass is 9.71. The Morgan fingerprint density at radius 2 is 1.76 bits per heavy atom. The molecule has 0 saturated carbocycles. The fourth-order valence-corrected chi connectivity index (χ4v) is 2.68. The summed E-state index contributed by atoms with van der Waals surface area (Å²) in [6.07, 6.45) is 3.51. The van der Waals surface area contributed by atoms with Gasteiger partial charge in [0.1, 0.15) is 0 Å². The first-order valence-electron chi connectivity index (χ1n) is 6.29. The van der Waals surface area contributed by atoms with Crippen LogP contribution < -0.4 is 0 Å². The number of carbonyl (C=O) groups is 1. The largest absolute Gasteiger partial charge is 0.305 e. The lowest BCUT2D eigenvalue weighted by Gasteiger charge is -2.42. The van der Waals surface area contributed by atoms with Crippen LogP contribution in [0.15, 0.2) is 4.99 Å². The lowest BCUT2D eigenvalue weighted by molar-refractivity contribution is -0.120. The molecule has 0 aromatic rings. The van der Waals surface area contributed by atoms with Crippen molar-refractivity contribution >= 4 is 11.9 Å². The number of amides is 1. The Bertz CT molecular complexity index is 281. The van der Waals surface area contributed by atoms with Crippen molar-refractivity contribution in [2.45, 2.75) is 52.5 Å². The number of nitrogens with one attached hydrogen (secondary N) is 1. The smallest absolute Gasteiger partial charge is 0.256 e. The fraction of sp³-hybridized carbons (Fsp3) is 0.846. The van der Waals surface area contributed by atoms with Crippen LogP contribution in [-0.4, -0.2) is 37.0 Å². The molecule has 4 nitrogen and oxygen atoms in total. The van der Waals surface area contributed by atoms with Crippen molar-refractivity contribution in [2.75, 3.05) is 14.1 Å². The molecule has 0 aliphatic carbocycles. The SMILES string of the molecule is CCC(CC)(CC)C(CC(=O)N=C=N)N(C)C. The summed E-state index contributed by atoms with van der Waals surface area (Å²) in [6.45, 7) is 6.52. The van der Waals surface area contributed by atoms with E-state index in [4.69, 9.17) is 5.41 Å². The van der Waals surface area contributed by atoms with Gasteiger partial charge in [0.2, 0.25) is 0 Å². The van der Waals surface area contributed by atoms with Crippen molar-refractivity contribution in [3.05, 3.63) is 0 Å². The summed E-state index contributed by atoms with van der Waals surface area (Å²) in [5.74, 6) is -0.251. The van der Waals surface area contributed by atoms with Crippen molar-refractivity contribution in [3.63, 3.8) is 0 Å². The Labute approximate surface area is 105 Å². The zero-order chi connectivity index (χ0) is 13.5. The van der Waals surface area contributed by atoms with Gasteiger partial charge in [0, 0.05) is 12.5 Å². The number of rotatable bonds is 7. The minimum atomic E-state index is -0.251. The van der Waals surface area contributed by atoms with Crippen LogP contribution >= 0.6 is 0 Å². The highest BCUT2D eigenvalue weighted by Gasteiger charge is 2.36. The van der Waals surface area contributed by atoms with E-state index in [1.54, 1.807) is 0 Å². The number of hydrogen-bond acceptors (Lipinski definition) is 3. The van der Waals surface area contributed by atoms with Crippen LogP contribution in [0, 0.1) is 10.8 Å². The Kier molecular flexibility index (Phi) is 6.93.